The first-order chi connectivity index (χ1) is 4.34. The fraction of sp³-hybridized carbons (Fsp3) is 0.429. The average molecular weight is 142 g/mol. The van der Waals surface area contributed by atoms with E-state index in [4.69, 9.17) is 4.74 Å². The predicted molar refractivity (Wildman–Crippen MR) is 42.9 cm³/mol. The maximum Gasteiger partial charge on any atom is 0.136 e. The Balaban J connectivity index is 2.57. The summed E-state index contributed by atoms with van der Waals surface area (Å²) in [7, 11) is 0. The van der Waals surface area contributed by atoms with Gasteiger partial charge in [-0.15, -0.1) is 11.4 Å². The van der Waals surface area contributed by atoms with E-state index in [0.717, 1.165) is 29.3 Å². The van der Waals surface area contributed by atoms with Crippen molar-refractivity contribution in [3.63, 3.8) is 0 Å². The lowest BCUT2D eigenvalue weighted by Crippen LogP contribution is -1.90. The Bertz CT molecular complexity index is 197. The van der Waals surface area contributed by atoms with Crippen molar-refractivity contribution in [2.24, 2.45) is 0 Å². The topological polar surface area (TPSA) is 9.23 Å². The van der Waals surface area contributed by atoms with Crippen LogP contribution in [0.25, 0.3) is 0 Å². The number of hydrogen-bond donors (Lipinski definition) is 1. The number of thiol groups is 1. The maximum atomic E-state index is 5.27. The van der Waals surface area contributed by atoms with Gasteiger partial charge in [-0.2, -0.15) is 0 Å². The molecule has 1 aliphatic rings. The van der Waals surface area contributed by atoms with E-state index in [9.17, 15) is 0 Å². The molecule has 2 heteroatoms. The van der Waals surface area contributed by atoms with Crippen LogP contribution in [0.3, 0.4) is 0 Å². The van der Waals surface area contributed by atoms with Crippen LogP contribution in [-0.2, 0) is 4.74 Å². The predicted octanol–water partition coefficient (Wildman–Crippen LogP) is 1.69. The number of ether oxygens (including phenoxy) is 1. The molecule has 0 saturated carbocycles. The van der Waals surface area contributed by atoms with Gasteiger partial charge in [0.25, 0.3) is 0 Å². The van der Waals surface area contributed by atoms with Crippen LogP contribution in [0.15, 0.2) is 16.7 Å². The Hall–Kier alpha value is -0.460. The monoisotopic (exact) mass is 142 g/mol. The average Bonchev–Trinajstić information content (AvgIpc) is 2.18. The third-order valence-electron chi connectivity index (χ3n) is 1.08. The van der Waals surface area contributed by atoms with Crippen LogP contribution in [0, 0.1) is 0 Å². The van der Waals surface area contributed by atoms with Gasteiger partial charge in [0.2, 0.25) is 0 Å². The van der Waals surface area contributed by atoms with Gasteiger partial charge in [0, 0.05) is 11.0 Å². The molecule has 0 aromatic rings. The lowest BCUT2D eigenvalue weighted by molar-refractivity contribution is 0.239. The summed E-state index contributed by atoms with van der Waals surface area (Å²) < 4.78 is 5.27. The summed E-state index contributed by atoms with van der Waals surface area (Å²) in [4.78, 5) is 0. The highest BCUT2D eigenvalue weighted by Gasteiger charge is 2.00. The molecule has 0 aromatic heterocycles. The van der Waals surface area contributed by atoms with Gasteiger partial charge in [-0.1, -0.05) is 5.02 Å². The Morgan fingerprint density at radius 3 is 3.00 bits per heavy atom. The first-order valence-electron chi connectivity index (χ1n) is 2.97. The zero-order chi connectivity index (χ0) is 6.69. The molecule has 0 fully saturated rings. The van der Waals surface area contributed by atoms with Crippen molar-refractivity contribution in [1.82, 2.24) is 0 Å². The molecule has 0 spiro atoms. The largest absolute Gasteiger partial charge is 0.492 e. The van der Waals surface area contributed by atoms with Gasteiger partial charge in [0.15, 0.2) is 0 Å². The summed E-state index contributed by atoms with van der Waals surface area (Å²) in [6.07, 6.45) is 0. The van der Waals surface area contributed by atoms with Crippen LogP contribution in [0.5, 0.6) is 0 Å². The zero-order valence-electron chi connectivity index (χ0n) is 5.64. The summed E-state index contributed by atoms with van der Waals surface area (Å²) >= 11 is 1.13. The number of rotatable bonds is 2. The van der Waals surface area contributed by atoms with Gasteiger partial charge in [-0.25, -0.2) is 0 Å². The van der Waals surface area contributed by atoms with E-state index < -0.39 is 0 Å². The minimum absolute atomic E-state index is 0.750. The molecule has 9 heavy (non-hydrogen) atoms. The van der Waals surface area contributed by atoms with E-state index in [1.807, 2.05) is 19.3 Å². The molecule has 1 aliphatic heterocycles. The van der Waals surface area contributed by atoms with Crippen molar-refractivity contribution in [3.8, 4) is 0 Å². The molecule has 0 amide bonds. The molecule has 0 unspecified atom stereocenters. The molecular weight excluding hydrogens is 132 g/mol. The molecule has 1 heterocycles. The SMILES string of the molecule is CCOC1=C[SH]=C=C1C. The molecule has 0 aromatic carbocycles. The van der Waals surface area contributed by atoms with E-state index in [1.165, 1.54) is 0 Å². The second-order valence-corrected chi connectivity index (χ2v) is 2.53. The molecule has 1 nitrogen and oxygen atoms in total. The molecule has 1 rings (SSSR count). The second-order valence-electron chi connectivity index (χ2n) is 1.79. The van der Waals surface area contributed by atoms with Crippen molar-refractivity contribution < 1.29 is 4.74 Å². The van der Waals surface area contributed by atoms with E-state index >= 15 is 0 Å². The number of hydrogen-bond acceptors (Lipinski definition) is 1. The Kier molecular flexibility index (Phi) is 2.15. The maximum absolute atomic E-state index is 5.27. The third kappa shape index (κ3) is 1.47. The van der Waals surface area contributed by atoms with Crippen molar-refractivity contribution in [2.45, 2.75) is 13.8 Å². The van der Waals surface area contributed by atoms with Gasteiger partial charge >= 0.3 is 0 Å². The third-order valence-corrected chi connectivity index (χ3v) is 1.91. The highest BCUT2D eigenvalue weighted by molar-refractivity contribution is 8.00. The minimum Gasteiger partial charge on any atom is -0.492 e. The first kappa shape index (κ1) is 6.66. The quantitative estimate of drug-likeness (QED) is 0.456. The standard InChI is InChI=1S/C7H10OS/c1-3-8-7-5-9-4-6(7)2/h5,9H,3H2,1-2H3. The molecule has 50 valence electrons. The number of allylic oxidation sites excluding steroid dienone is 1. The lowest BCUT2D eigenvalue weighted by atomic mass is 10.3. The normalized spacial score (nSPS) is 16.2. The second kappa shape index (κ2) is 2.90. The fourth-order valence-corrected chi connectivity index (χ4v) is 1.39. The van der Waals surface area contributed by atoms with Gasteiger partial charge < -0.3 is 4.74 Å². The highest BCUT2D eigenvalue weighted by atomic mass is 32.1. The lowest BCUT2D eigenvalue weighted by Gasteiger charge is -2.02. The van der Waals surface area contributed by atoms with Crippen molar-refractivity contribution in [2.75, 3.05) is 6.61 Å². The van der Waals surface area contributed by atoms with E-state index in [0.29, 0.717) is 0 Å². The molecule has 0 N–H and O–H groups in total. The van der Waals surface area contributed by atoms with E-state index in [2.05, 4.69) is 5.02 Å². The summed E-state index contributed by atoms with van der Waals surface area (Å²) in [5.74, 6) is 0.999. The van der Waals surface area contributed by atoms with Crippen LogP contribution in [0.1, 0.15) is 13.8 Å². The first-order valence-corrected chi connectivity index (χ1v) is 3.93. The molecule has 0 aliphatic carbocycles. The van der Waals surface area contributed by atoms with Gasteiger partial charge in [-0.05, 0) is 13.8 Å². The summed E-state index contributed by atoms with van der Waals surface area (Å²) in [6, 6.07) is 0. The zero-order valence-corrected chi connectivity index (χ0v) is 6.53. The van der Waals surface area contributed by atoms with Crippen molar-refractivity contribution >= 4 is 16.4 Å². The van der Waals surface area contributed by atoms with Gasteiger partial charge in [0.05, 0.1) is 6.61 Å². The highest BCUT2D eigenvalue weighted by Crippen LogP contribution is 2.15. The smallest absolute Gasteiger partial charge is 0.136 e. The Labute approximate surface area is 59.0 Å². The molecular formula is C7H10OS. The minimum atomic E-state index is 0.750. The van der Waals surface area contributed by atoms with E-state index in [1.54, 1.807) is 0 Å². The van der Waals surface area contributed by atoms with E-state index in [-0.39, 0.29) is 0 Å². The summed E-state index contributed by atoms with van der Waals surface area (Å²) in [5, 5.41) is 5.15. The van der Waals surface area contributed by atoms with Crippen LogP contribution in [-0.4, -0.2) is 11.6 Å². The summed E-state index contributed by atoms with van der Waals surface area (Å²) in [5.41, 5.74) is 1.14. The molecule has 0 bridgehead atoms. The molecule has 0 atom stereocenters. The van der Waals surface area contributed by atoms with Crippen molar-refractivity contribution in [3.05, 3.63) is 16.7 Å². The van der Waals surface area contributed by atoms with Crippen LogP contribution < -0.4 is 0 Å². The van der Waals surface area contributed by atoms with Crippen LogP contribution in [0.2, 0.25) is 0 Å². The fourth-order valence-electron chi connectivity index (χ4n) is 0.641. The van der Waals surface area contributed by atoms with Crippen molar-refractivity contribution in [1.29, 1.82) is 0 Å². The van der Waals surface area contributed by atoms with Gasteiger partial charge in [-0.3, -0.25) is 0 Å². The Morgan fingerprint density at radius 1 is 1.78 bits per heavy atom. The molecule has 0 saturated heterocycles. The van der Waals surface area contributed by atoms with Crippen LogP contribution >= 0.6 is 11.4 Å². The summed E-state index contributed by atoms with van der Waals surface area (Å²) in [6.45, 7) is 4.76. The van der Waals surface area contributed by atoms with Gasteiger partial charge in [0.1, 0.15) is 5.76 Å². The molecule has 0 radical (unpaired) electrons. The Morgan fingerprint density at radius 2 is 2.56 bits per heavy atom. The van der Waals surface area contributed by atoms with Crippen LogP contribution in [0.4, 0.5) is 0 Å².